The van der Waals surface area contributed by atoms with E-state index in [9.17, 15) is 9.59 Å². The summed E-state index contributed by atoms with van der Waals surface area (Å²) in [7, 11) is 0. The number of H-pyrrole nitrogens is 1. The molecule has 0 saturated heterocycles. The van der Waals surface area contributed by atoms with Crippen LogP contribution in [0.4, 0.5) is 0 Å². The second-order valence-corrected chi connectivity index (χ2v) is 6.51. The SMILES string of the molecule is O=C(Cn1c(=S)[nH]c2ccccc2c1=O)NC1CCCCCC1. The third-order valence-corrected chi connectivity index (χ3v) is 4.73. The number of fused-ring (bicyclic) bond motifs is 1. The number of rotatable bonds is 3. The van der Waals surface area contributed by atoms with Crippen LogP contribution < -0.4 is 10.9 Å². The van der Waals surface area contributed by atoms with Gasteiger partial charge in [0.05, 0.1) is 10.9 Å². The summed E-state index contributed by atoms with van der Waals surface area (Å²) in [5.41, 5.74) is 0.475. The van der Waals surface area contributed by atoms with Gasteiger partial charge in [0.15, 0.2) is 4.77 Å². The normalized spacial score (nSPS) is 16.2. The van der Waals surface area contributed by atoms with E-state index < -0.39 is 0 Å². The minimum atomic E-state index is -0.222. The van der Waals surface area contributed by atoms with Gasteiger partial charge in [-0.15, -0.1) is 0 Å². The first-order valence-electron chi connectivity index (χ1n) is 8.16. The van der Waals surface area contributed by atoms with Crippen LogP contribution in [0.2, 0.25) is 0 Å². The van der Waals surface area contributed by atoms with Crippen molar-refractivity contribution in [3.05, 3.63) is 39.4 Å². The molecule has 3 rings (SSSR count). The molecule has 1 aliphatic carbocycles. The van der Waals surface area contributed by atoms with Gasteiger partial charge in [-0.25, -0.2) is 0 Å². The van der Waals surface area contributed by atoms with E-state index in [4.69, 9.17) is 12.2 Å². The van der Waals surface area contributed by atoms with Crippen molar-refractivity contribution >= 4 is 29.0 Å². The van der Waals surface area contributed by atoms with Crippen LogP contribution in [0.25, 0.3) is 10.9 Å². The summed E-state index contributed by atoms with van der Waals surface area (Å²) < 4.78 is 1.62. The van der Waals surface area contributed by atoms with Crippen LogP contribution in [-0.2, 0) is 11.3 Å². The predicted octanol–water partition coefficient (Wildman–Crippen LogP) is 2.90. The highest BCUT2D eigenvalue weighted by Crippen LogP contribution is 2.17. The van der Waals surface area contributed by atoms with Gasteiger partial charge in [0.25, 0.3) is 5.56 Å². The maximum atomic E-state index is 12.5. The number of para-hydroxylation sites is 1. The van der Waals surface area contributed by atoms with Crippen molar-refractivity contribution in [1.82, 2.24) is 14.9 Å². The molecule has 5 nitrogen and oxygen atoms in total. The lowest BCUT2D eigenvalue weighted by molar-refractivity contribution is -0.122. The van der Waals surface area contributed by atoms with Crippen LogP contribution in [0.1, 0.15) is 38.5 Å². The minimum absolute atomic E-state index is 0.0322. The number of aromatic amines is 1. The molecule has 1 aromatic carbocycles. The van der Waals surface area contributed by atoms with Crippen molar-refractivity contribution in [3.8, 4) is 0 Å². The van der Waals surface area contributed by atoms with Crippen molar-refractivity contribution in [2.24, 2.45) is 0 Å². The number of hydrogen-bond acceptors (Lipinski definition) is 3. The second-order valence-electron chi connectivity index (χ2n) is 6.12. The van der Waals surface area contributed by atoms with Crippen molar-refractivity contribution in [3.63, 3.8) is 0 Å². The molecule has 0 aliphatic heterocycles. The Morgan fingerprint density at radius 3 is 2.65 bits per heavy atom. The number of aromatic nitrogens is 2. The Bertz CT molecular complexity index is 816. The van der Waals surface area contributed by atoms with Gasteiger partial charge in [-0.3, -0.25) is 14.2 Å². The van der Waals surface area contributed by atoms with Gasteiger partial charge in [-0.1, -0.05) is 37.8 Å². The Hall–Kier alpha value is -1.95. The zero-order valence-electron chi connectivity index (χ0n) is 13.0. The smallest absolute Gasteiger partial charge is 0.262 e. The Kier molecular flexibility index (Phi) is 4.91. The summed E-state index contributed by atoms with van der Waals surface area (Å²) >= 11 is 5.24. The quantitative estimate of drug-likeness (QED) is 0.671. The third kappa shape index (κ3) is 3.69. The average molecular weight is 331 g/mol. The number of benzene rings is 1. The molecule has 0 unspecified atom stereocenters. The average Bonchev–Trinajstić information content (AvgIpc) is 2.80. The number of hydrogen-bond donors (Lipinski definition) is 2. The van der Waals surface area contributed by atoms with Gasteiger partial charge in [-0.2, -0.15) is 0 Å². The van der Waals surface area contributed by atoms with Crippen molar-refractivity contribution in [1.29, 1.82) is 0 Å². The van der Waals surface area contributed by atoms with E-state index in [-0.39, 0.29) is 28.8 Å². The van der Waals surface area contributed by atoms with Gasteiger partial charge in [-0.05, 0) is 37.2 Å². The number of carbonyl (C=O) groups excluding carboxylic acids is 1. The Morgan fingerprint density at radius 2 is 1.91 bits per heavy atom. The fourth-order valence-electron chi connectivity index (χ4n) is 3.18. The molecule has 1 aromatic heterocycles. The van der Waals surface area contributed by atoms with Gasteiger partial charge in [0.1, 0.15) is 6.54 Å². The molecule has 0 atom stereocenters. The highest BCUT2D eigenvalue weighted by molar-refractivity contribution is 7.71. The van der Waals surface area contributed by atoms with Crippen LogP contribution in [0.3, 0.4) is 0 Å². The van der Waals surface area contributed by atoms with Crippen LogP contribution in [0.15, 0.2) is 29.1 Å². The van der Waals surface area contributed by atoms with Gasteiger partial charge in [0, 0.05) is 6.04 Å². The van der Waals surface area contributed by atoms with Crippen molar-refractivity contribution < 1.29 is 4.79 Å². The lowest BCUT2D eigenvalue weighted by Crippen LogP contribution is -2.39. The fourth-order valence-corrected chi connectivity index (χ4v) is 3.44. The zero-order valence-corrected chi connectivity index (χ0v) is 13.8. The largest absolute Gasteiger partial charge is 0.352 e. The third-order valence-electron chi connectivity index (χ3n) is 4.41. The minimum Gasteiger partial charge on any atom is -0.352 e. The van der Waals surface area contributed by atoms with Crippen LogP contribution >= 0.6 is 12.2 Å². The zero-order chi connectivity index (χ0) is 16.2. The molecule has 1 saturated carbocycles. The molecule has 23 heavy (non-hydrogen) atoms. The maximum absolute atomic E-state index is 12.5. The van der Waals surface area contributed by atoms with Gasteiger partial charge < -0.3 is 10.3 Å². The maximum Gasteiger partial charge on any atom is 0.262 e. The molecular weight excluding hydrogens is 310 g/mol. The van der Waals surface area contributed by atoms with Crippen LogP contribution in [0, 0.1) is 4.77 Å². The molecule has 1 aliphatic rings. The van der Waals surface area contributed by atoms with E-state index in [1.165, 1.54) is 17.4 Å². The Balaban J connectivity index is 1.79. The van der Waals surface area contributed by atoms with E-state index in [0.717, 1.165) is 25.7 Å². The molecule has 2 aromatic rings. The van der Waals surface area contributed by atoms with Crippen molar-refractivity contribution in [2.45, 2.75) is 51.1 Å². The van der Waals surface area contributed by atoms with E-state index in [2.05, 4.69) is 10.3 Å². The summed E-state index contributed by atoms with van der Waals surface area (Å²) in [5, 5.41) is 3.60. The first-order valence-corrected chi connectivity index (χ1v) is 8.57. The molecule has 2 N–H and O–H groups in total. The summed E-state index contributed by atoms with van der Waals surface area (Å²) in [6.07, 6.45) is 6.82. The van der Waals surface area contributed by atoms with E-state index in [1.807, 2.05) is 12.1 Å². The highest BCUT2D eigenvalue weighted by atomic mass is 32.1. The molecule has 1 amide bonds. The summed E-state index contributed by atoms with van der Waals surface area (Å²) in [4.78, 5) is 27.8. The number of carbonyl (C=O) groups is 1. The monoisotopic (exact) mass is 331 g/mol. The molecule has 6 heteroatoms. The number of nitrogens with one attached hydrogen (secondary N) is 2. The van der Waals surface area contributed by atoms with Crippen LogP contribution in [-0.4, -0.2) is 21.5 Å². The topological polar surface area (TPSA) is 66.9 Å². The summed E-state index contributed by atoms with van der Waals surface area (Å²) in [5.74, 6) is -0.145. The molecule has 1 heterocycles. The Labute approximate surface area is 139 Å². The van der Waals surface area contributed by atoms with Crippen molar-refractivity contribution in [2.75, 3.05) is 0 Å². The molecule has 0 spiro atoms. The van der Waals surface area contributed by atoms with E-state index >= 15 is 0 Å². The Morgan fingerprint density at radius 1 is 1.22 bits per heavy atom. The first kappa shape index (κ1) is 15.9. The molecule has 0 radical (unpaired) electrons. The fraction of sp³-hybridized carbons (Fsp3) is 0.471. The number of amides is 1. The van der Waals surface area contributed by atoms with E-state index in [0.29, 0.717) is 10.9 Å². The summed E-state index contributed by atoms with van der Waals surface area (Å²) in [6.45, 7) is -0.0322. The molecule has 1 fully saturated rings. The molecule has 122 valence electrons. The van der Waals surface area contributed by atoms with Crippen LogP contribution in [0.5, 0.6) is 0 Å². The molecule has 0 bridgehead atoms. The predicted molar refractivity (Wildman–Crippen MR) is 93.0 cm³/mol. The first-order chi connectivity index (χ1) is 11.1. The van der Waals surface area contributed by atoms with Gasteiger partial charge in [0.2, 0.25) is 5.91 Å². The lowest BCUT2D eigenvalue weighted by atomic mass is 10.1. The number of nitrogens with zero attached hydrogens (tertiary/aromatic N) is 1. The van der Waals surface area contributed by atoms with Gasteiger partial charge >= 0.3 is 0 Å². The second kappa shape index (κ2) is 7.08. The summed E-state index contributed by atoms with van der Waals surface area (Å²) in [6, 6.07) is 7.41. The lowest BCUT2D eigenvalue weighted by Gasteiger charge is -2.16. The molecular formula is C17H21N3O2S. The highest BCUT2D eigenvalue weighted by Gasteiger charge is 2.16. The standard InChI is InChI=1S/C17H21N3O2S/c21-15(18-12-7-3-1-2-4-8-12)11-20-16(22)13-9-5-6-10-14(13)19-17(20)23/h5-6,9-10,12H,1-4,7-8,11H2,(H,18,21)(H,19,23). The van der Waals surface area contributed by atoms with E-state index in [1.54, 1.807) is 12.1 Å².